The molecular formula is C15H23N3O. The Morgan fingerprint density at radius 2 is 2.05 bits per heavy atom. The van der Waals surface area contributed by atoms with Crippen molar-refractivity contribution in [3.8, 4) is 0 Å². The average molecular weight is 261 g/mol. The summed E-state index contributed by atoms with van der Waals surface area (Å²) in [6.45, 7) is 4.23. The van der Waals surface area contributed by atoms with E-state index in [-0.39, 0.29) is 5.91 Å². The van der Waals surface area contributed by atoms with Crippen LogP contribution in [0, 0.1) is 0 Å². The molecule has 2 N–H and O–H groups in total. The molecule has 0 aromatic heterocycles. The number of likely N-dealkylation sites (tertiary alicyclic amines) is 1. The summed E-state index contributed by atoms with van der Waals surface area (Å²) in [5, 5.41) is 6.21. The third kappa shape index (κ3) is 3.55. The molecule has 0 aliphatic carbocycles. The van der Waals surface area contributed by atoms with Crippen LogP contribution >= 0.6 is 0 Å². The first-order valence-electron chi connectivity index (χ1n) is 6.85. The summed E-state index contributed by atoms with van der Waals surface area (Å²) in [6, 6.07) is 9.00. The maximum atomic E-state index is 11.4. The zero-order valence-electron chi connectivity index (χ0n) is 11.9. The molecule has 4 heteroatoms. The fraction of sp³-hybridized carbons (Fsp3) is 0.533. The molecule has 1 heterocycles. The predicted octanol–water partition coefficient (Wildman–Crippen LogP) is 1.23. The van der Waals surface area contributed by atoms with Crippen molar-refractivity contribution in [2.24, 2.45) is 0 Å². The average Bonchev–Trinajstić information content (AvgIpc) is 2.75. The van der Waals surface area contributed by atoms with Gasteiger partial charge < -0.3 is 15.5 Å². The number of carbonyl (C=O) groups is 1. The van der Waals surface area contributed by atoms with Gasteiger partial charge in [-0.1, -0.05) is 12.1 Å². The van der Waals surface area contributed by atoms with Crippen LogP contribution in [-0.2, 0) is 6.54 Å². The molecule has 1 aliphatic rings. The third-order valence-corrected chi connectivity index (χ3v) is 3.92. The summed E-state index contributed by atoms with van der Waals surface area (Å²) in [4.78, 5) is 13.8. The number of hydrogen-bond donors (Lipinski definition) is 2. The molecule has 2 unspecified atom stereocenters. The molecule has 104 valence electrons. The van der Waals surface area contributed by atoms with Crippen molar-refractivity contribution in [3.63, 3.8) is 0 Å². The summed E-state index contributed by atoms with van der Waals surface area (Å²) in [7, 11) is 3.82. The molecule has 19 heavy (non-hydrogen) atoms. The van der Waals surface area contributed by atoms with Crippen molar-refractivity contribution in [2.45, 2.75) is 32.0 Å². The van der Waals surface area contributed by atoms with E-state index in [1.807, 2.05) is 24.3 Å². The van der Waals surface area contributed by atoms with Crippen molar-refractivity contribution in [1.29, 1.82) is 0 Å². The van der Waals surface area contributed by atoms with Gasteiger partial charge in [-0.15, -0.1) is 0 Å². The van der Waals surface area contributed by atoms with E-state index in [0.29, 0.717) is 17.6 Å². The fourth-order valence-corrected chi connectivity index (χ4v) is 2.52. The van der Waals surface area contributed by atoms with E-state index in [9.17, 15) is 4.79 Å². The molecule has 0 bridgehead atoms. The second-order valence-electron chi connectivity index (χ2n) is 5.38. The summed E-state index contributed by atoms with van der Waals surface area (Å²) < 4.78 is 0. The monoisotopic (exact) mass is 261 g/mol. The number of amides is 1. The first-order valence-corrected chi connectivity index (χ1v) is 6.85. The molecule has 1 aromatic carbocycles. The second kappa shape index (κ2) is 6.17. The zero-order chi connectivity index (χ0) is 13.8. The number of carbonyl (C=O) groups excluding carboxylic acids is 1. The van der Waals surface area contributed by atoms with Crippen LogP contribution in [0.15, 0.2) is 24.3 Å². The van der Waals surface area contributed by atoms with E-state index in [1.54, 1.807) is 7.05 Å². The number of hydrogen-bond acceptors (Lipinski definition) is 3. The molecule has 2 atom stereocenters. The Morgan fingerprint density at radius 3 is 2.58 bits per heavy atom. The normalized spacial score (nSPS) is 23.5. The lowest BCUT2D eigenvalue weighted by Crippen LogP contribution is -2.31. The number of likely N-dealkylation sites (N-methyl/N-ethyl adjacent to an activating group) is 1. The number of rotatable bonds is 4. The van der Waals surface area contributed by atoms with Gasteiger partial charge >= 0.3 is 0 Å². The Kier molecular flexibility index (Phi) is 4.56. The van der Waals surface area contributed by atoms with Gasteiger partial charge in [0, 0.05) is 37.8 Å². The minimum absolute atomic E-state index is 0.0363. The topological polar surface area (TPSA) is 44.4 Å². The largest absolute Gasteiger partial charge is 0.355 e. The van der Waals surface area contributed by atoms with Crippen LogP contribution in [0.3, 0.4) is 0 Å². The van der Waals surface area contributed by atoms with Crippen molar-refractivity contribution < 1.29 is 4.79 Å². The summed E-state index contributed by atoms with van der Waals surface area (Å²) in [5.74, 6) is -0.0363. The van der Waals surface area contributed by atoms with Crippen LogP contribution in [0.5, 0.6) is 0 Å². The Labute approximate surface area is 115 Å². The molecule has 1 amide bonds. The van der Waals surface area contributed by atoms with Gasteiger partial charge in [0.15, 0.2) is 0 Å². The van der Waals surface area contributed by atoms with E-state index in [0.717, 1.165) is 13.1 Å². The van der Waals surface area contributed by atoms with Crippen molar-refractivity contribution in [2.75, 3.05) is 20.6 Å². The standard InChI is InChI=1S/C15H23N3O/c1-11-8-14(10-18(11)3)17-9-12-4-6-13(7-5-12)15(19)16-2/h4-7,11,14,17H,8-10H2,1-3H3,(H,16,19). The van der Waals surface area contributed by atoms with Gasteiger partial charge in [0.05, 0.1) is 0 Å². The first kappa shape index (κ1) is 14.0. The molecule has 0 radical (unpaired) electrons. The molecule has 2 rings (SSSR count). The van der Waals surface area contributed by atoms with Gasteiger partial charge in [0.1, 0.15) is 0 Å². The van der Waals surface area contributed by atoms with Crippen molar-refractivity contribution in [3.05, 3.63) is 35.4 Å². The predicted molar refractivity (Wildman–Crippen MR) is 77.2 cm³/mol. The Bertz CT molecular complexity index is 420. The smallest absolute Gasteiger partial charge is 0.251 e. The molecule has 0 spiro atoms. The second-order valence-corrected chi connectivity index (χ2v) is 5.38. The van der Waals surface area contributed by atoms with Crippen LogP contribution in [0.2, 0.25) is 0 Å². The highest BCUT2D eigenvalue weighted by Gasteiger charge is 2.25. The van der Waals surface area contributed by atoms with E-state index >= 15 is 0 Å². The van der Waals surface area contributed by atoms with Gasteiger partial charge in [0.25, 0.3) is 5.91 Å². The molecule has 1 aliphatic heterocycles. The van der Waals surface area contributed by atoms with Crippen molar-refractivity contribution in [1.82, 2.24) is 15.5 Å². The van der Waals surface area contributed by atoms with Gasteiger partial charge in [-0.2, -0.15) is 0 Å². The minimum Gasteiger partial charge on any atom is -0.355 e. The highest BCUT2D eigenvalue weighted by molar-refractivity contribution is 5.93. The molecule has 0 saturated carbocycles. The minimum atomic E-state index is -0.0363. The quantitative estimate of drug-likeness (QED) is 0.857. The first-order chi connectivity index (χ1) is 9.10. The van der Waals surface area contributed by atoms with Crippen LogP contribution in [0.1, 0.15) is 29.3 Å². The van der Waals surface area contributed by atoms with Crippen LogP contribution in [-0.4, -0.2) is 43.5 Å². The maximum Gasteiger partial charge on any atom is 0.251 e. The van der Waals surface area contributed by atoms with E-state index < -0.39 is 0 Å². The number of benzene rings is 1. The lowest BCUT2D eigenvalue weighted by atomic mass is 10.1. The third-order valence-electron chi connectivity index (χ3n) is 3.92. The fourth-order valence-electron chi connectivity index (χ4n) is 2.52. The van der Waals surface area contributed by atoms with Crippen molar-refractivity contribution >= 4 is 5.91 Å². The Morgan fingerprint density at radius 1 is 1.37 bits per heavy atom. The van der Waals surface area contributed by atoms with Crippen LogP contribution in [0.4, 0.5) is 0 Å². The summed E-state index contributed by atoms with van der Waals surface area (Å²) in [5.41, 5.74) is 1.93. The lowest BCUT2D eigenvalue weighted by Gasteiger charge is -2.13. The molecular weight excluding hydrogens is 238 g/mol. The van der Waals surface area contributed by atoms with Crippen LogP contribution in [0.25, 0.3) is 0 Å². The Hall–Kier alpha value is -1.39. The van der Waals surface area contributed by atoms with Crippen LogP contribution < -0.4 is 10.6 Å². The zero-order valence-corrected chi connectivity index (χ0v) is 11.9. The highest BCUT2D eigenvalue weighted by atomic mass is 16.1. The highest BCUT2D eigenvalue weighted by Crippen LogP contribution is 2.15. The molecule has 1 fully saturated rings. The SMILES string of the molecule is CNC(=O)c1ccc(CNC2CC(C)N(C)C2)cc1. The lowest BCUT2D eigenvalue weighted by molar-refractivity contribution is 0.0963. The molecule has 1 aromatic rings. The van der Waals surface area contributed by atoms with Gasteiger partial charge in [-0.25, -0.2) is 0 Å². The van der Waals surface area contributed by atoms with E-state index in [1.165, 1.54) is 12.0 Å². The summed E-state index contributed by atoms with van der Waals surface area (Å²) in [6.07, 6.45) is 1.20. The summed E-state index contributed by atoms with van der Waals surface area (Å²) >= 11 is 0. The van der Waals surface area contributed by atoms with Gasteiger partial charge in [0.2, 0.25) is 0 Å². The van der Waals surface area contributed by atoms with Gasteiger partial charge in [-0.05, 0) is 38.1 Å². The van der Waals surface area contributed by atoms with E-state index in [2.05, 4.69) is 29.5 Å². The van der Waals surface area contributed by atoms with E-state index in [4.69, 9.17) is 0 Å². The molecule has 4 nitrogen and oxygen atoms in total. The van der Waals surface area contributed by atoms with Gasteiger partial charge in [-0.3, -0.25) is 4.79 Å². The maximum absolute atomic E-state index is 11.4. The number of nitrogens with zero attached hydrogens (tertiary/aromatic N) is 1. The Balaban J connectivity index is 1.85. The number of nitrogens with one attached hydrogen (secondary N) is 2. The molecule has 1 saturated heterocycles.